The van der Waals surface area contributed by atoms with Crippen LogP contribution in [0.3, 0.4) is 0 Å². The van der Waals surface area contributed by atoms with Crippen molar-refractivity contribution in [2.75, 3.05) is 5.32 Å². The highest BCUT2D eigenvalue weighted by Crippen LogP contribution is 2.37. The molecule has 1 heterocycles. The van der Waals surface area contributed by atoms with Crippen molar-refractivity contribution < 1.29 is 9.59 Å². The van der Waals surface area contributed by atoms with Crippen molar-refractivity contribution >= 4 is 29.0 Å². The quantitative estimate of drug-likeness (QED) is 0.769. The standard InChI is InChI=1S/C18H21N3O2S/c19-18(23)20-14-8-3-7-13(11-14)17(22)21-16(12-5-1-2-6-12)15-9-4-10-24-15/h3-4,7-12,16H,1-2,5-6H2,(H,21,22)(H3,19,20,23)/t16-/m1/s1. The van der Waals surface area contributed by atoms with Gasteiger partial charge in [0.1, 0.15) is 0 Å². The Morgan fingerprint density at radius 3 is 2.62 bits per heavy atom. The number of nitrogens with two attached hydrogens (primary N) is 1. The Bertz CT molecular complexity index is 709. The van der Waals surface area contributed by atoms with E-state index < -0.39 is 6.03 Å². The van der Waals surface area contributed by atoms with Gasteiger partial charge in [0.15, 0.2) is 0 Å². The van der Waals surface area contributed by atoms with Crippen LogP contribution in [0.25, 0.3) is 0 Å². The van der Waals surface area contributed by atoms with Gasteiger partial charge in [-0.3, -0.25) is 4.79 Å². The lowest BCUT2D eigenvalue weighted by atomic mass is 9.96. The van der Waals surface area contributed by atoms with Crippen LogP contribution in [0.2, 0.25) is 0 Å². The number of hydrogen-bond donors (Lipinski definition) is 3. The van der Waals surface area contributed by atoms with Crippen molar-refractivity contribution in [1.82, 2.24) is 5.32 Å². The highest BCUT2D eigenvalue weighted by atomic mass is 32.1. The molecular weight excluding hydrogens is 322 g/mol. The molecule has 5 nitrogen and oxygen atoms in total. The molecule has 6 heteroatoms. The Labute approximate surface area is 145 Å². The molecule has 2 aromatic rings. The summed E-state index contributed by atoms with van der Waals surface area (Å²) in [4.78, 5) is 24.9. The van der Waals surface area contributed by atoms with Crippen molar-refractivity contribution in [1.29, 1.82) is 0 Å². The van der Waals surface area contributed by atoms with E-state index in [9.17, 15) is 9.59 Å². The van der Waals surface area contributed by atoms with Gasteiger partial charge in [-0.2, -0.15) is 0 Å². The van der Waals surface area contributed by atoms with Gasteiger partial charge in [0.05, 0.1) is 6.04 Å². The highest BCUT2D eigenvalue weighted by Gasteiger charge is 2.28. The molecule has 1 atom stereocenters. The van der Waals surface area contributed by atoms with Crippen molar-refractivity contribution in [2.45, 2.75) is 31.7 Å². The zero-order valence-electron chi connectivity index (χ0n) is 13.3. The van der Waals surface area contributed by atoms with Crippen LogP contribution in [0.15, 0.2) is 41.8 Å². The number of carbonyl (C=O) groups is 2. The molecule has 3 rings (SSSR count). The number of primary amides is 1. The van der Waals surface area contributed by atoms with E-state index in [0.717, 1.165) is 12.8 Å². The van der Waals surface area contributed by atoms with Crippen LogP contribution in [-0.4, -0.2) is 11.9 Å². The molecule has 0 radical (unpaired) electrons. The summed E-state index contributed by atoms with van der Waals surface area (Å²) >= 11 is 1.68. The Morgan fingerprint density at radius 2 is 1.96 bits per heavy atom. The van der Waals surface area contributed by atoms with E-state index in [4.69, 9.17) is 5.73 Å². The molecule has 1 aliphatic rings. The van der Waals surface area contributed by atoms with E-state index in [1.54, 1.807) is 35.6 Å². The molecule has 0 saturated heterocycles. The fourth-order valence-electron chi connectivity index (χ4n) is 3.29. The summed E-state index contributed by atoms with van der Waals surface area (Å²) in [6.45, 7) is 0. The van der Waals surface area contributed by atoms with Crippen LogP contribution < -0.4 is 16.4 Å². The summed E-state index contributed by atoms with van der Waals surface area (Å²) in [5.41, 5.74) is 6.16. The van der Waals surface area contributed by atoms with E-state index in [-0.39, 0.29) is 11.9 Å². The predicted molar refractivity (Wildman–Crippen MR) is 96.1 cm³/mol. The fraction of sp³-hybridized carbons (Fsp3) is 0.333. The number of hydrogen-bond acceptors (Lipinski definition) is 3. The van der Waals surface area contributed by atoms with E-state index in [2.05, 4.69) is 16.7 Å². The third kappa shape index (κ3) is 3.94. The lowest BCUT2D eigenvalue weighted by Crippen LogP contribution is -2.32. The number of benzene rings is 1. The molecule has 1 aromatic carbocycles. The van der Waals surface area contributed by atoms with E-state index in [1.807, 2.05) is 11.4 Å². The number of anilines is 1. The average molecular weight is 343 g/mol. The Kier molecular flexibility index (Phi) is 5.15. The normalized spacial score (nSPS) is 15.8. The summed E-state index contributed by atoms with van der Waals surface area (Å²) in [7, 11) is 0. The Morgan fingerprint density at radius 1 is 1.17 bits per heavy atom. The van der Waals surface area contributed by atoms with Crippen molar-refractivity contribution in [2.24, 2.45) is 11.7 Å². The first-order valence-corrected chi connectivity index (χ1v) is 9.02. The number of nitrogens with one attached hydrogen (secondary N) is 2. The summed E-state index contributed by atoms with van der Waals surface area (Å²) in [5.74, 6) is 0.355. The Hall–Kier alpha value is -2.34. The third-order valence-corrected chi connectivity index (χ3v) is 5.36. The number of thiophene rings is 1. The van der Waals surface area contributed by atoms with Gasteiger partial charge in [-0.15, -0.1) is 11.3 Å². The molecule has 3 amide bonds. The van der Waals surface area contributed by atoms with Gasteiger partial charge in [-0.1, -0.05) is 25.0 Å². The molecule has 1 aliphatic carbocycles. The van der Waals surface area contributed by atoms with Crippen LogP contribution in [0.4, 0.5) is 10.5 Å². The van der Waals surface area contributed by atoms with Crippen molar-refractivity contribution in [3.63, 3.8) is 0 Å². The lowest BCUT2D eigenvalue weighted by molar-refractivity contribution is 0.0923. The topological polar surface area (TPSA) is 84.2 Å². The van der Waals surface area contributed by atoms with Gasteiger partial charge in [0.25, 0.3) is 5.91 Å². The van der Waals surface area contributed by atoms with Crippen LogP contribution in [0.1, 0.15) is 47.0 Å². The first kappa shape index (κ1) is 16.5. The fourth-order valence-corrected chi connectivity index (χ4v) is 4.15. The average Bonchev–Trinajstić information content (AvgIpc) is 3.25. The molecule has 1 aromatic heterocycles. The first-order chi connectivity index (χ1) is 11.6. The largest absolute Gasteiger partial charge is 0.351 e. The maximum absolute atomic E-state index is 12.7. The lowest BCUT2D eigenvalue weighted by Gasteiger charge is -2.24. The molecule has 0 aliphatic heterocycles. The first-order valence-electron chi connectivity index (χ1n) is 8.14. The molecule has 0 spiro atoms. The zero-order chi connectivity index (χ0) is 16.9. The summed E-state index contributed by atoms with van der Waals surface area (Å²) < 4.78 is 0. The smallest absolute Gasteiger partial charge is 0.316 e. The number of rotatable bonds is 5. The minimum Gasteiger partial charge on any atom is -0.351 e. The van der Waals surface area contributed by atoms with Crippen molar-refractivity contribution in [3.8, 4) is 0 Å². The highest BCUT2D eigenvalue weighted by molar-refractivity contribution is 7.10. The predicted octanol–water partition coefficient (Wildman–Crippen LogP) is 3.90. The van der Waals surface area contributed by atoms with Crippen LogP contribution in [0, 0.1) is 5.92 Å². The molecule has 1 fully saturated rings. The Balaban J connectivity index is 1.77. The number of urea groups is 1. The van der Waals surface area contributed by atoms with Gasteiger partial charge in [0.2, 0.25) is 0 Å². The van der Waals surface area contributed by atoms with Crippen LogP contribution >= 0.6 is 11.3 Å². The monoisotopic (exact) mass is 343 g/mol. The second-order valence-corrected chi connectivity index (χ2v) is 7.06. The molecule has 1 saturated carbocycles. The second kappa shape index (κ2) is 7.49. The van der Waals surface area contributed by atoms with Crippen molar-refractivity contribution in [3.05, 3.63) is 52.2 Å². The van der Waals surface area contributed by atoms with Gasteiger partial charge >= 0.3 is 6.03 Å². The van der Waals surface area contributed by atoms with E-state index in [0.29, 0.717) is 17.2 Å². The van der Waals surface area contributed by atoms with Gasteiger partial charge in [-0.25, -0.2) is 4.79 Å². The van der Waals surface area contributed by atoms with Crippen LogP contribution in [-0.2, 0) is 0 Å². The second-order valence-electron chi connectivity index (χ2n) is 6.08. The SMILES string of the molecule is NC(=O)Nc1cccc(C(=O)N[C@@H](c2cccs2)C2CCCC2)c1. The zero-order valence-corrected chi connectivity index (χ0v) is 14.1. The minimum atomic E-state index is -0.644. The van der Waals surface area contributed by atoms with Gasteiger partial charge in [0, 0.05) is 16.1 Å². The van der Waals surface area contributed by atoms with Crippen LogP contribution in [0.5, 0.6) is 0 Å². The summed E-state index contributed by atoms with van der Waals surface area (Å²) in [5, 5.41) is 7.73. The third-order valence-electron chi connectivity index (χ3n) is 4.40. The van der Waals surface area contributed by atoms with Gasteiger partial charge < -0.3 is 16.4 Å². The molecule has 126 valence electrons. The summed E-state index contributed by atoms with van der Waals surface area (Å²) in [6, 6.07) is 10.3. The minimum absolute atomic E-state index is 0.0488. The molecule has 0 unspecified atom stereocenters. The number of amides is 3. The summed E-state index contributed by atoms with van der Waals surface area (Å²) in [6.07, 6.45) is 4.74. The molecule has 24 heavy (non-hydrogen) atoms. The molecular formula is C18H21N3O2S. The maximum Gasteiger partial charge on any atom is 0.316 e. The van der Waals surface area contributed by atoms with Gasteiger partial charge in [-0.05, 0) is 48.4 Å². The maximum atomic E-state index is 12.7. The number of carbonyl (C=O) groups excluding carboxylic acids is 2. The molecule has 4 N–H and O–H groups in total. The molecule has 0 bridgehead atoms. The van der Waals surface area contributed by atoms with E-state index in [1.165, 1.54) is 17.7 Å². The van der Waals surface area contributed by atoms with E-state index >= 15 is 0 Å².